The lowest BCUT2D eigenvalue weighted by atomic mass is 10.1. The predicted octanol–water partition coefficient (Wildman–Crippen LogP) is 5.11. The van der Waals surface area contributed by atoms with Gasteiger partial charge >= 0.3 is 0 Å². The Morgan fingerprint density at radius 1 is 1.04 bits per heavy atom. The second-order valence-electron chi connectivity index (χ2n) is 6.36. The summed E-state index contributed by atoms with van der Waals surface area (Å²) in [5.41, 5.74) is 2.30. The number of hydrogen-bond donors (Lipinski definition) is 0. The zero-order valence-electron chi connectivity index (χ0n) is 14.7. The molecule has 0 saturated carbocycles. The number of imide groups is 1. The first-order chi connectivity index (χ1) is 13.2. The van der Waals surface area contributed by atoms with Crippen LogP contribution in [-0.2, 0) is 17.8 Å². The van der Waals surface area contributed by atoms with Crippen LogP contribution in [0.15, 0.2) is 53.9 Å². The summed E-state index contributed by atoms with van der Waals surface area (Å²) < 4.78 is 7.10. The molecule has 1 fully saturated rings. The van der Waals surface area contributed by atoms with E-state index in [1.165, 1.54) is 10.5 Å². The van der Waals surface area contributed by atoms with Gasteiger partial charge in [-0.2, -0.15) is 0 Å². The highest BCUT2D eigenvalue weighted by Crippen LogP contribution is 2.34. The Bertz CT molecular complexity index is 952. The van der Waals surface area contributed by atoms with Crippen molar-refractivity contribution in [1.82, 2.24) is 4.90 Å². The van der Waals surface area contributed by atoms with E-state index in [0.717, 1.165) is 46.0 Å². The maximum atomic E-state index is 11.9. The summed E-state index contributed by atoms with van der Waals surface area (Å²) in [7, 11) is 0. The Balaban J connectivity index is 1.43. The number of thioether (sulfide) groups is 1. The highest BCUT2D eigenvalue weighted by molar-refractivity contribution is 8.14. The van der Waals surface area contributed by atoms with Gasteiger partial charge in [0.1, 0.15) is 5.75 Å². The number of thiophene rings is 1. The number of aryl methyl sites for hydroxylation is 1. The lowest BCUT2D eigenvalue weighted by Crippen LogP contribution is -2.27. The minimum Gasteiger partial charge on any atom is -0.493 e. The molecule has 27 heavy (non-hydrogen) atoms. The lowest BCUT2D eigenvalue weighted by Gasteiger charge is -2.15. The van der Waals surface area contributed by atoms with E-state index in [9.17, 15) is 9.59 Å². The Morgan fingerprint density at radius 3 is 2.67 bits per heavy atom. The number of rotatable bonds is 7. The minimum atomic E-state index is -0.161. The maximum Gasteiger partial charge on any atom is 0.289 e. The molecule has 1 saturated heterocycles. The van der Waals surface area contributed by atoms with Crippen LogP contribution in [0, 0.1) is 0 Å². The molecule has 0 unspecified atom stereocenters. The molecule has 0 aliphatic carbocycles. The normalized spacial score (nSPS) is 14.3. The third-order valence-electron chi connectivity index (χ3n) is 4.54. The summed E-state index contributed by atoms with van der Waals surface area (Å²) in [6.45, 7) is 0.981. The SMILES string of the molecule is O=C1CSC(=O)N1Cc1ccc(OCCCc2ccccc2)c2ccsc12. The summed E-state index contributed by atoms with van der Waals surface area (Å²) >= 11 is 2.69. The van der Waals surface area contributed by atoms with Gasteiger partial charge in [-0.1, -0.05) is 48.2 Å². The number of ether oxygens (including phenoxy) is 1. The van der Waals surface area contributed by atoms with E-state index < -0.39 is 0 Å². The number of carbonyl (C=O) groups is 2. The first-order valence-corrected chi connectivity index (χ1v) is 10.7. The topological polar surface area (TPSA) is 46.6 Å². The van der Waals surface area contributed by atoms with Crippen molar-refractivity contribution < 1.29 is 14.3 Å². The van der Waals surface area contributed by atoms with Crippen molar-refractivity contribution in [2.45, 2.75) is 19.4 Å². The highest BCUT2D eigenvalue weighted by Gasteiger charge is 2.30. The summed E-state index contributed by atoms with van der Waals surface area (Å²) in [6.07, 6.45) is 1.94. The third kappa shape index (κ3) is 4.01. The molecule has 0 bridgehead atoms. The average Bonchev–Trinajstić information content (AvgIpc) is 3.30. The smallest absolute Gasteiger partial charge is 0.289 e. The molecule has 0 spiro atoms. The number of fused-ring (bicyclic) bond motifs is 1. The fourth-order valence-corrected chi connectivity index (χ4v) is 4.80. The molecule has 4 nitrogen and oxygen atoms in total. The standard InChI is InChI=1S/C21H19NO3S2/c23-19-14-27-21(24)22(19)13-16-8-9-18(17-10-12-26-20(16)17)25-11-4-7-15-5-2-1-3-6-15/h1-3,5-6,8-10,12H,4,7,11,13-14H2. The zero-order chi connectivity index (χ0) is 18.6. The second-order valence-corrected chi connectivity index (χ2v) is 8.20. The highest BCUT2D eigenvalue weighted by atomic mass is 32.2. The third-order valence-corrected chi connectivity index (χ3v) is 6.39. The van der Waals surface area contributed by atoms with Crippen LogP contribution in [0.1, 0.15) is 17.5 Å². The lowest BCUT2D eigenvalue weighted by molar-refractivity contribution is -0.124. The number of benzene rings is 2. The van der Waals surface area contributed by atoms with Gasteiger partial charge in [-0.05, 0) is 41.5 Å². The Labute approximate surface area is 166 Å². The molecule has 1 aromatic heterocycles. The maximum absolute atomic E-state index is 11.9. The first-order valence-electron chi connectivity index (χ1n) is 8.85. The molecule has 0 atom stereocenters. The summed E-state index contributed by atoms with van der Waals surface area (Å²) in [5, 5.41) is 2.91. The van der Waals surface area contributed by atoms with Crippen LogP contribution in [0.3, 0.4) is 0 Å². The van der Waals surface area contributed by atoms with Gasteiger partial charge in [0.25, 0.3) is 5.24 Å². The van der Waals surface area contributed by atoms with Gasteiger partial charge in [0.2, 0.25) is 5.91 Å². The molecule has 6 heteroatoms. The Hall–Kier alpha value is -2.31. The van der Waals surface area contributed by atoms with Crippen molar-refractivity contribution in [3.63, 3.8) is 0 Å². The van der Waals surface area contributed by atoms with Gasteiger partial charge in [0, 0.05) is 10.1 Å². The number of hydrogen-bond acceptors (Lipinski definition) is 5. The molecule has 3 aromatic rings. The summed E-state index contributed by atoms with van der Waals surface area (Å²) in [6, 6.07) is 16.3. The van der Waals surface area contributed by atoms with E-state index in [2.05, 4.69) is 24.3 Å². The zero-order valence-corrected chi connectivity index (χ0v) is 16.4. The van der Waals surface area contributed by atoms with Crippen LogP contribution in [0.2, 0.25) is 0 Å². The molecule has 0 radical (unpaired) electrons. The first kappa shape index (κ1) is 18.1. The van der Waals surface area contributed by atoms with Gasteiger partial charge in [-0.15, -0.1) is 11.3 Å². The van der Waals surface area contributed by atoms with Crippen molar-refractivity contribution in [2.75, 3.05) is 12.4 Å². The van der Waals surface area contributed by atoms with Crippen molar-refractivity contribution in [2.24, 2.45) is 0 Å². The molecule has 2 aromatic carbocycles. The fraction of sp³-hybridized carbons (Fsp3) is 0.238. The fourth-order valence-electron chi connectivity index (χ4n) is 3.15. The Kier molecular flexibility index (Phi) is 5.45. The monoisotopic (exact) mass is 397 g/mol. The van der Waals surface area contributed by atoms with Gasteiger partial charge in [0.05, 0.1) is 18.9 Å². The Morgan fingerprint density at radius 2 is 1.89 bits per heavy atom. The molecule has 138 valence electrons. The number of carbonyl (C=O) groups excluding carboxylic acids is 2. The molecular formula is C21H19NO3S2. The molecule has 4 rings (SSSR count). The van der Waals surface area contributed by atoms with E-state index in [1.54, 1.807) is 11.3 Å². The molecule has 0 N–H and O–H groups in total. The van der Waals surface area contributed by atoms with Crippen molar-refractivity contribution in [3.05, 3.63) is 65.0 Å². The van der Waals surface area contributed by atoms with E-state index in [1.807, 2.05) is 29.6 Å². The van der Waals surface area contributed by atoms with Gasteiger partial charge in [-0.3, -0.25) is 14.5 Å². The van der Waals surface area contributed by atoms with Crippen LogP contribution >= 0.6 is 23.1 Å². The average molecular weight is 398 g/mol. The van der Waals surface area contributed by atoms with Crippen LogP contribution in [0.4, 0.5) is 4.79 Å². The largest absolute Gasteiger partial charge is 0.493 e. The van der Waals surface area contributed by atoms with Crippen molar-refractivity contribution in [1.29, 1.82) is 0 Å². The number of nitrogens with zero attached hydrogens (tertiary/aromatic N) is 1. The van der Waals surface area contributed by atoms with Crippen LogP contribution in [0.5, 0.6) is 5.75 Å². The van der Waals surface area contributed by atoms with E-state index >= 15 is 0 Å². The minimum absolute atomic E-state index is 0.115. The molecule has 1 aliphatic heterocycles. The quantitative estimate of drug-likeness (QED) is 0.520. The van der Waals surface area contributed by atoms with E-state index in [-0.39, 0.29) is 16.9 Å². The van der Waals surface area contributed by atoms with Gasteiger partial charge in [0.15, 0.2) is 0 Å². The molecule has 2 amide bonds. The molecule has 1 aliphatic rings. The van der Waals surface area contributed by atoms with Crippen LogP contribution in [0.25, 0.3) is 10.1 Å². The van der Waals surface area contributed by atoms with Gasteiger partial charge < -0.3 is 4.74 Å². The molecule has 2 heterocycles. The molecular weight excluding hydrogens is 378 g/mol. The number of amides is 2. The van der Waals surface area contributed by atoms with Gasteiger partial charge in [-0.25, -0.2) is 0 Å². The van der Waals surface area contributed by atoms with Crippen LogP contribution in [-0.4, -0.2) is 28.4 Å². The van der Waals surface area contributed by atoms with Crippen molar-refractivity contribution >= 4 is 44.3 Å². The van der Waals surface area contributed by atoms with E-state index in [0.29, 0.717) is 13.2 Å². The summed E-state index contributed by atoms with van der Waals surface area (Å²) in [5.74, 6) is 0.988. The predicted molar refractivity (Wildman–Crippen MR) is 110 cm³/mol. The van der Waals surface area contributed by atoms with Crippen molar-refractivity contribution in [3.8, 4) is 5.75 Å². The van der Waals surface area contributed by atoms with E-state index in [4.69, 9.17) is 4.74 Å². The summed E-state index contributed by atoms with van der Waals surface area (Å²) in [4.78, 5) is 25.1. The second kappa shape index (κ2) is 8.15. The van der Waals surface area contributed by atoms with Crippen LogP contribution < -0.4 is 4.74 Å².